The van der Waals surface area contributed by atoms with Gasteiger partial charge < -0.3 is 23.9 Å². The first-order valence-electron chi connectivity index (χ1n) is 13.0. The van der Waals surface area contributed by atoms with Crippen LogP contribution in [0.25, 0.3) is 0 Å². The van der Waals surface area contributed by atoms with Crippen LogP contribution in [-0.2, 0) is 17.8 Å². The van der Waals surface area contributed by atoms with Crippen LogP contribution in [0.2, 0.25) is 0 Å². The fourth-order valence-corrected chi connectivity index (χ4v) is 4.66. The molecule has 1 aromatic heterocycles. The highest BCUT2D eigenvalue weighted by Gasteiger charge is 2.24. The average Bonchev–Trinajstić information content (AvgIpc) is 3.60. The molecule has 1 aliphatic heterocycles. The van der Waals surface area contributed by atoms with E-state index in [0.717, 1.165) is 43.1 Å². The second kappa shape index (κ2) is 13.1. The molecule has 0 N–H and O–H groups in total. The smallest absolute Gasteiger partial charge is 0.254 e. The first-order valence-corrected chi connectivity index (χ1v) is 13.0. The van der Waals surface area contributed by atoms with E-state index in [1.165, 1.54) is 12.8 Å². The number of aryl methyl sites for hydroxylation is 1. The van der Waals surface area contributed by atoms with E-state index >= 15 is 0 Å². The number of rotatable bonds is 12. The van der Waals surface area contributed by atoms with E-state index in [4.69, 9.17) is 9.15 Å². The highest BCUT2D eigenvalue weighted by atomic mass is 16.5. The Hall–Kier alpha value is -3.58. The number of likely N-dealkylation sites (tertiary alicyclic amines) is 1. The molecule has 37 heavy (non-hydrogen) atoms. The molecule has 4 rings (SSSR count). The Bertz CT molecular complexity index is 1140. The van der Waals surface area contributed by atoms with Crippen molar-refractivity contribution in [3.8, 4) is 5.75 Å². The number of methoxy groups -OCH3 is 1. The normalized spacial score (nSPS) is 13.5. The van der Waals surface area contributed by atoms with Gasteiger partial charge in [-0.05, 0) is 81.2 Å². The Labute approximate surface area is 219 Å². The minimum absolute atomic E-state index is 0.0210. The van der Waals surface area contributed by atoms with Crippen molar-refractivity contribution in [2.45, 2.75) is 32.7 Å². The van der Waals surface area contributed by atoms with Crippen molar-refractivity contribution in [2.75, 3.05) is 46.4 Å². The standard InChI is InChI=1S/C30H37N3O4/c1-24-10-13-28(37-24)22-32(19-16-25-8-4-3-5-9-25)29(34)23-33(21-20-31-17-6-7-18-31)30(35)26-11-14-27(36-2)15-12-26/h3-5,8-15H,6-7,16-23H2,1-2H3. The molecular formula is C30H37N3O4. The van der Waals surface area contributed by atoms with E-state index in [0.29, 0.717) is 30.9 Å². The fraction of sp³-hybridized carbons (Fsp3) is 0.400. The van der Waals surface area contributed by atoms with E-state index in [1.807, 2.05) is 37.3 Å². The third-order valence-corrected chi connectivity index (χ3v) is 6.84. The highest BCUT2D eigenvalue weighted by molar-refractivity contribution is 5.96. The van der Waals surface area contributed by atoms with Crippen molar-refractivity contribution in [2.24, 2.45) is 0 Å². The second-order valence-electron chi connectivity index (χ2n) is 9.57. The summed E-state index contributed by atoms with van der Waals surface area (Å²) in [6, 6.07) is 21.0. The maximum Gasteiger partial charge on any atom is 0.254 e. The summed E-state index contributed by atoms with van der Waals surface area (Å²) in [4.78, 5) is 33.0. The third-order valence-electron chi connectivity index (χ3n) is 6.84. The van der Waals surface area contributed by atoms with Crippen molar-refractivity contribution in [1.82, 2.24) is 14.7 Å². The van der Waals surface area contributed by atoms with Crippen LogP contribution in [0.1, 0.15) is 40.3 Å². The SMILES string of the molecule is COc1ccc(C(=O)N(CCN2CCCC2)CC(=O)N(CCc2ccccc2)Cc2ccc(C)o2)cc1. The lowest BCUT2D eigenvalue weighted by Gasteiger charge is -2.29. The molecule has 1 aliphatic rings. The van der Waals surface area contributed by atoms with Crippen LogP contribution in [0.3, 0.4) is 0 Å². The Morgan fingerprint density at radius 2 is 1.65 bits per heavy atom. The number of furan rings is 1. The van der Waals surface area contributed by atoms with Gasteiger partial charge in [-0.3, -0.25) is 9.59 Å². The average molecular weight is 504 g/mol. The van der Waals surface area contributed by atoms with Crippen LogP contribution < -0.4 is 4.74 Å². The van der Waals surface area contributed by atoms with Crippen LogP contribution in [-0.4, -0.2) is 72.9 Å². The number of hydrogen-bond acceptors (Lipinski definition) is 5. The number of carbonyl (C=O) groups is 2. The van der Waals surface area contributed by atoms with Gasteiger partial charge in [0.25, 0.3) is 5.91 Å². The van der Waals surface area contributed by atoms with Crippen LogP contribution >= 0.6 is 0 Å². The summed E-state index contributed by atoms with van der Waals surface area (Å²) in [5, 5.41) is 0. The molecule has 7 heteroatoms. The van der Waals surface area contributed by atoms with Gasteiger partial charge in [-0.25, -0.2) is 0 Å². The minimum Gasteiger partial charge on any atom is -0.497 e. The van der Waals surface area contributed by atoms with Crippen molar-refractivity contribution in [3.63, 3.8) is 0 Å². The highest BCUT2D eigenvalue weighted by Crippen LogP contribution is 2.16. The Morgan fingerprint density at radius 1 is 0.919 bits per heavy atom. The van der Waals surface area contributed by atoms with E-state index in [-0.39, 0.29) is 18.4 Å². The quantitative estimate of drug-likeness (QED) is 0.366. The van der Waals surface area contributed by atoms with Crippen LogP contribution in [0.5, 0.6) is 5.75 Å². The molecule has 196 valence electrons. The molecule has 0 aliphatic carbocycles. The molecule has 1 fully saturated rings. The number of benzene rings is 2. The molecule has 7 nitrogen and oxygen atoms in total. The maximum atomic E-state index is 13.7. The summed E-state index contributed by atoms with van der Waals surface area (Å²) >= 11 is 0. The van der Waals surface area contributed by atoms with Gasteiger partial charge in [-0.15, -0.1) is 0 Å². The predicted octanol–water partition coefficient (Wildman–Crippen LogP) is 4.41. The predicted molar refractivity (Wildman–Crippen MR) is 144 cm³/mol. The zero-order chi connectivity index (χ0) is 26.0. The number of amides is 2. The third kappa shape index (κ3) is 7.70. The lowest BCUT2D eigenvalue weighted by Crippen LogP contribution is -2.45. The van der Waals surface area contributed by atoms with Crippen LogP contribution in [0.4, 0.5) is 0 Å². The number of ether oxygens (including phenoxy) is 1. The fourth-order valence-electron chi connectivity index (χ4n) is 4.66. The molecule has 3 aromatic rings. The molecule has 0 bridgehead atoms. The summed E-state index contributed by atoms with van der Waals surface area (Å²) in [6.07, 6.45) is 3.09. The van der Waals surface area contributed by atoms with Gasteiger partial charge in [-0.1, -0.05) is 30.3 Å². The van der Waals surface area contributed by atoms with Gasteiger partial charge in [-0.2, -0.15) is 0 Å². The number of nitrogens with zero attached hydrogens (tertiary/aromatic N) is 3. The molecule has 2 aromatic carbocycles. The van der Waals surface area contributed by atoms with Crippen LogP contribution in [0, 0.1) is 6.92 Å². The summed E-state index contributed by atoms with van der Waals surface area (Å²) in [6.45, 7) is 6.18. The largest absolute Gasteiger partial charge is 0.497 e. The van der Waals surface area contributed by atoms with Gasteiger partial charge >= 0.3 is 0 Å². The molecule has 0 unspecified atom stereocenters. The van der Waals surface area contributed by atoms with Crippen molar-refractivity contribution < 1.29 is 18.7 Å². The van der Waals surface area contributed by atoms with Crippen molar-refractivity contribution in [3.05, 3.63) is 89.4 Å². The molecular weight excluding hydrogens is 466 g/mol. The molecule has 2 amide bonds. The van der Waals surface area contributed by atoms with Gasteiger partial charge in [0.15, 0.2) is 0 Å². The molecule has 0 spiro atoms. The van der Waals surface area contributed by atoms with E-state index in [9.17, 15) is 9.59 Å². The Balaban J connectivity index is 1.49. The lowest BCUT2D eigenvalue weighted by molar-refractivity contribution is -0.132. The lowest BCUT2D eigenvalue weighted by atomic mass is 10.1. The summed E-state index contributed by atoms with van der Waals surface area (Å²) < 4.78 is 11.0. The molecule has 2 heterocycles. The summed E-state index contributed by atoms with van der Waals surface area (Å²) in [5.41, 5.74) is 1.71. The monoisotopic (exact) mass is 503 g/mol. The zero-order valence-corrected chi connectivity index (χ0v) is 21.9. The molecule has 0 saturated carbocycles. The van der Waals surface area contributed by atoms with Crippen LogP contribution in [0.15, 0.2) is 71.1 Å². The zero-order valence-electron chi connectivity index (χ0n) is 21.9. The Kier molecular flexibility index (Phi) is 9.38. The summed E-state index contributed by atoms with van der Waals surface area (Å²) in [7, 11) is 1.60. The maximum absolute atomic E-state index is 13.7. The van der Waals surface area contributed by atoms with Gasteiger partial charge in [0.1, 0.15) is 23.8 Å². The van der Waals surface area contributed by atoms with E-state index in [2.05, 4.69) is 17.0 Å². The summed E-state index contributed by atoms with van der Waals surface area (Å²) in [5.74, 6) is 2.01. The van der Waals surface area contributed by atoms with Gasteiger partial charge in [0.05, 0.1) is 13.7 Å². The first kappa shape index (κ1) is 26.5. The number of hydrogen-bond donors (Lipinski definition) is 0. The molecule has 1 saturated heterocycles. The number of carbonyl (C=O) groups excluding carboxylic acids is 2. The Morgan fingerprint density at radius 3 is 2.30 bits per heavy atom. The minimum atomic E-state index is -0.146. The van der Waals surface area contributed by atoms with E-state index in [1.54, 1.807) is 41.2 Å². The first-order chi connectivity index (χ1) is 18.0. The van der Waals surface area contributed by atoms with Crippen molar-refractivity contribution in [1.29, 1.82) is 0 Å². The topological polar surface area (TPSA) is 66.2 Å². The van der Waals surface area contributed by atoms with Gasteiger partial charge in [0, 0.05) is 25.2 Å². The van der Waals surface area contributed by atoms with Gasteiger partial charge in [0.2, 0.25) is 5.91 Å². The second-order valence-corrected chi connectivity index (χ2v) is 9.57. The van der Waals surface area contributed by atoms with Crippen molar-refractivity contribution >= 4 is 11.8 Å². The molecule has 0 atom stereocenters. The molecule has 0 radical (unpaired) electrons. The van der Waals surface area contributed by atoms with E-state index < -0.39 is 0 Å².